The molecule has 0 aliphatic heterocycles. The average Bonchev–Trinajstić information content (AvgIpc) is 2.44. The van der Waals surface area contributed by atoms with Gasteiger partial charge in [-0.2, -0.15) is 0 Å². The fraction of sp³-hybridized carbons (Fsp3) is 0.188. The normalized spacial score (nSPS) is 10.1. The van der Waals surface area contributed by atoms with Crippen molar-refractivity contribution >= 4 is 11.6 Å². The van der Waals surface area contributed by atoms with Gasteiger partial charge in [-0.1, -0.05) is 29.8 Å². The molecule has 0 saturated carbocycles. The maximum Gasteiger partial charge on any atom is 0.251 e. The maximum atomic E-state index is 12.0. The molecule has 20 heavy (non-hydrogen) atoms. The third-order valence-electron chi connectivity index (χ3n) is 3.03. The molecule has 4 heteroatoms. The molecule has 0 heterocycles. The highest BCUT2D eigenvalue weighted by molar-refractivity contribution is 5.95. The second-order valence-corrected chi connectivity index (χ2v) is 4.63. The van der Waals surface area contributed by atoms with Crippen LogP contribution in [0.25, 0.3) is 0 Å². The van der Waals surface area contributed by atoms with E-state index >= 15 is 0 Å². The molecule has 0 atom stereocenters. The molecular weight excluding hydrogens is 252 g/mol. The molecule has 0 aromatic heterocycles. The number of anilines is 1. The number of hydrogen-bond acceptors (Lipinski definition) is 3. The van der Waals surface area contributed by atoms with Crippen molar-refractivity contribution in [1.29, 1.82) is 0 Å². The lowest BCUT2D eigenvalue weighted by Crippen LogP contribution is -2.22. The van der Waals surface area contributed by atoms with E-state index in [9.17, 15) is 4.79 Å². The van der Waals surface area contributed by atoms with Gasteiger partial charge in [-0.05, 0) is 30.7 Å². The summed E-state index contributed by atoms with van der Waals surface area (Å²) in [7, 11) is 1.54. The molecule has 104 valence electrons. The van der Waals surface area contributed by atoms with Crippen molar-refractivity contribution in [2.75, 3.05) is 12.8 Å². The zero-order chi connectivity index (χ0) is 14.5. The monoisotopic (exact) mass is 270 g/mol. The Labute approximate surface area is 118 Å². The Morgan fingerprint density at radius 3 is 2.70 bits per heavy atom. The van der Waals surface area contributed by atoms with Crippen LogP contribution in [-0.4, -0.2) is 13.0 Å². The van der Waals surface area contributed by atoms with E-state index in [4.69, 9.17) is 10.5 Å². The van der Waals surface area contributed by atoms with E-state index in [1.165, 1.54) is 5.56 Å². The van der Waals surface area contributed by atoms with Crippen molar-refractivity contribution in [2.45, 2.75) is 13.5 Å². The minimum absolute atomic E-state index is 0.152. The van der Waals surface area contributed by atoms with Gasteiger partial charge in [0.15, 0.2) is 0 Å². The number of nitrogen functional groups attached to an aromatic ring is 1. The van der Waals surface area contributed by atoms with Gasteiger partial charge in [0, 0.05) is 12.1 Å². The number of benzene rings is 2. The standard InChI is InChI=1S/C16H18N2O2/c1-11-4-3-5-12(8-11)10-18-16(19)13-6-7-15(20-2)14(17)9-13/h3-9H,10,17H2,1-2H3,(H,18,19). The Morgan fingerprint density at radius 1 is 1.25 bits per heavy atom. The van der Waals surface area contributed by atoms with Gasteiger partial charge in [0.05, 0.1) is 12.8 Å². The predicted molar refractivity (Wildman–Crippen MR) is 79.8 cm³/mol. The lowest BCUT2D eigenvalue weighted by Gasteiger charge is -2.08. The number of aryl methyl sites for hydroxylation is 1. The summed E-state index contributed by atoms with van der Waals surface area (Å²) in [5.41, 5.74) is 9.01. The molecule has 1 amide bonds. The largest absolute Gasteiger partial charge is 0.495 e. The number of methoxy groups -OCH3 is 1. The molecule has 0 fully saturated rings. The van der Waals surface area contributed by atoms with Crippen LogP contribution in [0.4, 0.5) is 5.69 Å². The molecule has 0 radical (unpaired) electrons. The summed E-state index contributed by atoms with van der Waals surface area (Å²) >= 11 is 0. The minimum Gasteiger partial charge on any atom is -0.495 e. The number of ether oxygens (including phenoxy) is 1. The number of carbonyl (C=O) groups excluding carboxylic acids is 1. The van der Waals surface area contributed by atoms with Crippen LogP contribution >= 0.6 is 0 Å². The smallest absolute Gasteiger partial charge is 0.251 e. The number of hydrogen-bond donors (Lipinski definition) is 2. The van der Waals surface area contributed by atoms with Gasteiger partial charge in [-0.25, -0.2) is 0 Å². The minimum atomic E-state index is -0.152. The molecular formula is C16H18N2O2. The number of carbonyl (C=O) groups is 1. The molecule has 4 nitrogen and oxygen atoms in total. The zero-order valence-electron chi connectivity index (χ0n) is 11.6. The molecule has 3 N–H and O–H groups in total. The number of rotatable bonds is 4. The summed E-state index contributed by atoms with van der Waals surface area (Å²) in [5.74, 6) is 0.418. The van der Waals surface area contributed by atoms with Crippen molar-refractivity contribution in [3.63, 3.8) is 0 Å². The molecule has 0 saturated heterocycles. The van der Waals surface area contributed by atoms with Gasteiger partial charge in [0.2, 0.25) is 0 Å². The van der Waals surface area contributed by atoms with E-state index < -0.39 is 0 Å². The zero-order valence-corrected chi connectivity index (χ0v) is 11.6. The van der Waals surface area contributed by atoms with E-state index in [-0.39, 0.29) is 5.91 Å². The fourth-order valence-electron chi connectivity index (χ4n) is 1.98. The Balaban J connectivity index is 2.03. The Kier molecular flexibility index (Phi) is 4.25. The van der Waals surface area contributed by atoms with E-state index in [1.54, 1.807) is 25.3 Å². The predicted octanol–water partition coefficient (Wildman–Crippen LogP) is 2.52. The number of nitrogens with one attached hydrogen (secondary N) is 1. The van der Waals surface area contributed by atoms with E-state index in [2.05, 4.69) is 5.32 Å². The summed E-state index contributed by atoms with van der Waals surface area (Å²) in [6.07, 6.45) is 0. The van der Waals surface area contributed by atoms with Gasteiger partial charge in [-0.15, -0.1) is 0 Å². The third-order valence-corrected chi connectivity index (χ3v) is 3.03. The molecule has 0 aliphatic carbocycles. The molecule has 2 aromatic rings. The molecule has 0 bridgehead atoms. The summed E-state index contributed by atoms with van der Waals surface area (Å²) in [5, 5.41) is 2.87. The van der Waals surface area contributed by atoms with Crippen LogP contribution in [-0.2, 0) is 6.54 Å². The summed E-state index contributed by atoms with van der Waals surface area (Å²) in [4.78, 5) is 12.0. The third kappa shape index (κ3) is 3.29. The first kappa shape index (κ1) is 13.9. The Bertz CT molecular complexity index is 624. The maximum absolute atomic E-state index is 12.0. The van der Waals surface area contributed by atoms with Gasteiger partial charge in [0.1, 0.15) is 5.75 Å². The molecule has 0 spiro atoms. The summed E-state index contributed by atoms with van der Waals surface area (Å²) < 4.78 is 5.07. The summed E-state index contributed by atoms with van der Waals surface area (Å²) in [6.45, 7) is 2.52. The van der Waals surface area contributed by atoms with Crippen LogP contribution in [0.2, 0.25) is 0 Å². The van der Waals surface area contributed by atoms with Crippen molar-refractivity contribution < 1.29 is 9.53 Å². The second-order valence-electron chi connectivity index (χ2n) is 4.63. The van der Waals surface area contributed by atoms with E-state index in [0.29, 0.717) is 23.5 Å². The average molecular weight is 270 g/mol. The van der Waals surface area contributed by atoms with Crippen molar-refractivity contribution in [1.82, 2.24) is 5.32 Å². The summed E-state index contributed by atoms with van der Waals surface area (Å²) in [6, 6.07) is 13.0. The van der Waals surface area contributed by atoms with Crippen LogP contribution in [0.5, 0.6) is 5.75 Å². The molecule has 0 aliphatic rings. The lowest BCUT2D eigenvalue weighted by atomic mass is 10.1. The number of nitrogens with two attached hydrogens (primary N) is 1. The van der Waals surface area contributed by atoms with Gasteiger partial charge >= 0.3 is 0 Å². The molecule has 2 aromatic carbocycles. The topological polar surface area (TPSA) is 64.3 Å². The van der Waals surface area contributed by atoms with Gasteiger partial charge < -0.3 is 15.8 Å². The van der Waals surface area contributed by atoms with E-state index in [0.717, 1.165) is 5.56 Å². The molecule has 0 unspecified atom stereocenters. The van der Waals surface area contributed by atoms with Crippen LogP contribution in [0, 0.1) is 6.92 Å². The highest BCUT2D eigenvalue weighted by Gasteiger charge is 2.08. The Hall–Kier alpha value is -2.49. The van der Waals surface area contributed by atoms with Gasteiger partial charge in [0.25, 0.3) is 5.91 Å². The Morgan fingerprint density at radius 2 is 2.05 bits per heavy atom. The first-order valence-corrected chi connectivity index (χ1v) is 6.37. The highest BCUT2D eigenvalue weighted by Crippen LogP contribution is 2.21. The van der Waals surface area contributed by atoms with Crippen molar-refractivity contribution in [3.8, 4) is 5.75 Å². The SMILES string of the molecule is COc1ccc(C(=O)NCc2cccc(C)c2)cc1N. The second kappa shape index (κ2) is 6.10. The van der Waals surface area contributed by atoms with Crippen LogP contribution < -0.4 is 15.8 Å². The number of amides is 1. The lowest BCUT2D eigenvalue weighted by molar-refractivity contribution is 0.0951. The first-order valence-electron chi connectivity index (χ1n) is 6.37. The van der Waals surface area contributed by atoms with Crippen LogP contribution in [0.3, 0.4) is 0 Å². The highest BCUT2D eigenvalue weighted by atomic mass is 16.5. The van der Waals surface area contributed by atoms with Crippen LogP contribution in [0.1, 0.15) is 21.5 Å². The quantitative estimate of drug-likeness (QED) is 0.839. The first-order chi connectivity index (χ1) is 9.60. The fourth-order valence-corrected chi connectivity index (χ4v) is 1.98. The van der Waals surface area contributed by atoms with E-state index in [1.807, 2.05) is 31.2 Å². The van der Waals surface area contributed by atoms with Crippen LogP contribution in [0.15, 0.2) is 42.5 Å². The molecule has 2 rings (SSSR count). The van der Waals surface area contributed by atoms with Crippen molar-refractivity contribution in [3.05, 3.63) is 59.2 Å². The van der Waals surface area contributed by atoms with Gasteiger partial charge in [-0.3, -0.25) is 4.79 Å². The van der Waals surface area contributed by atoms with Crippen molar-refractivity contribution in [2.24, 2.45) is 0 Å².